The van der Waals surface area contributed by atoms with E-state index in [9.17, 15) is 23.2 Å². The maximum Gasteiger partial charge on any atom is 0.341 e. The monoisotopic (exact) mass is 348 g/mol. The van der Waals surface area contributed by atoms with Gasteiger partial charge < -0.3 is 15.4 Å². The summed E-state index contributed by atoms with van der Waals surface area (Å²) in [5, 5.41) is 5.02. The normalized spacial score (nSPS) is 10.0. The van der Waals surface area contributed by atoms with Gasteiger partial charge in [-0.25, -0.2) is 13.6 Å². The van der Waals surface area contributed by atoms with Crippen molar-refractivity contribution < 1.29 is 27.9 Å². The van der Waals surface area contributed by atoms with E-state index >= 15 is 0 Å². The molecular formula is C17H14F2N2O4. The van der Waals surface area contributed by atoms with Crippen molar-refractivity contribution in [1.82, 2.24) is 0 Å². The van der Waals surface area contributed by atoms with Gasteiger partial charge in [-0.15, -0.1) is 0 Å². The molecular weight excluding hydrogens is 334 g/mol. The summed E-state index contributed by atoms with van der Waals surface area (Å²) in [7, 11) is 0. The SMILES string of the molecule is CC(=O)Nc1cccc(NC(=O)COC(=O)c2ccc(F)cc2F)c1. The molecule has 0 heterocycles. The van der Waals surface area contributed by atoms with Crippen LogP contribution in [0.15, 0.2) is 42.5 Å². The fourth-order valence-corrected chi connectivity index (χ4v) is 1.94. The Labute approximate surface area is 141 Å². The van der Waals surface area contributed by atoms with Crippen molar-refractivity contribution in [2.24, 2.45) is 0 Å². The summed E-state index contributed by atoms with van der Waals surface area (Å²) in [6, 6.07) is 8.72. The summed E-state index contributed by atoms with van der Waals surface area (Å²) in [6.07, 6.45) is 0. The second-order valence-electron chi connectivity index (χ2n) is 5.01. The average molecular weight is 348 g/mol. The lowest BCUT2D eigenvalue weighted by Crippen LogP contribution is -2.21. The molecule has 0 radical (unpaired) electrons. The van der Waals surface area contributed by atoms with E-state index in [1.165, 1.54) is 13.0 Å². The highest BCUT2D eigenvalue weighted by Crippen LogP contribution is 2.15. The third-order valence-electron chi connectivity index (χ3n) is 2.95. The van der Waals surface area contributed by atoms with E-state index in [2.05, 4.69) is 10.6 Å². The minimum absolute atomic E-state index is 0.265. The number of halogens is 2. The first-order chi connectivity index (χ1) is 11.8. The van der Waals surface area contributed by atoms with Crippen LogP contribution in [-0.4, -0.2) is 24.4 Å². The lowest BCUT2D eigenvalue weighted by molar-refractivity contribution is -0.119. The van der Waals surface area contributed by atoms with Gasteiger partial charge in [-0.1, -0.05) is 6.07 Å². The topological polar surface area (TPSA) is 84.5 Å². The Morgan fingerprint density at radius 2 is 1.68 bits per heavy atom. The summed E-state index contributed by atoms with van der Waals surface area (Å²) < 4.78 is 30.9. The first-order valence-electron chi connectivity index (χ1n) is 7.15. The highest BCUT2D eigenvalue weighted by atomic mass is 19.1. The van der Waals surface area contributed by atoms with Gasteiger partial charge in [0.25, 0.3) is 5.91 Å². The molecule has 2 amide bonds. The quantitative estimate of drug-likeness (QED) is 0.814. The Balaban J connectivity index is 1.92. The van der Waals surface area contributed by atoms with Crippen LogP contribution in [0.5, 0.6) is 0 Å². The lowest BCUT2D eigenvalue weighted by Gasteiger charge is -2.09. The lowest BCUT2D eigenvalue weighted by atomic mass is 10.2. The largest absolute Gasteiger partial charge is 0.452 e. The maximum absolute atomic E-state index is 13.4. The van der Waals surface area contributed by atoms with Gasteiger partial charge in [0.15, 0.2) is 6.61 Å². The van der Waals surface area contributed by atoms with Gasteiger partial charge in [0.05, 0.1) is 5.56 Å². The van der Waals surface area contributed by atoms with Crippen LogP contribution in [0.3, 0.4) is 0 Å². The second kappa shape index (κ2) is 8.00. The Hall–Kier alpha value is -3.29. The minimum atomic E-state index is -1.08. The zero-order chi connectivity index (χ0) is 18.4. The van der Waals surface area contributed by atoms with E-state index < -0.39 is 35.7 Å². The zero-order valence-electron chi connectivity index (χ0n) is 13.1. The molecule has 0 saturated heterocycles. The standard InChI is InChI=1S/C17H14F2N2O4/c1-10(22)20-12-3-2-4-13(8-12)21-16(23)9-25-17(24)14-6-5-11(18)7-15(14)19/h2-8H,9H2,1H3,(H,20,22)(H,21,23). The first kappa shape index (κ1) is 18.1. The van der Waals surface area contributed by atoms with Gasteiger partial charge in [-0.05, 0) is 30.3 Å². The zero-order valence-corrected chi connectivity index (χ0v) is 13.1. The highest BCUT2D eigenvalue weighted by Gasteiger charge is 2.15. The Kier molecular flexibility index (Phi) is 5.78. The predicted molar refractivity (Wildman–Crippen MR) is 86.0 cm³/mol. The second-order valence-corrected chi connectivity index (χ2v) is 5.01. The van der Waals surface area contributed by atoms with E-state index in [0.29, 0.717) is 17.4 Å². The number of rotatable bonds is 5. The van der Waals surface area contributed by atoms with E-state index in [4.69, 9.17) is 4.74 Å². The molecule has 0 aliphatic carbocycles. The van der Waals surface area contributed by atoms with Crippen LogP contribution in [0.2, 0.25) is 0 Å². The van der Waals surface area contributed by atoms with Crippen molar-refractivity contribution in [2.75, 3.05) is 17.2 Å². The molecule has 0 saturated carbocycles. The Morgan fingerprint density at radius 3 is 2.32 bits per heavy atom. The number of ether oxygens (including phenoxy) is 1. The van der Waals surface area contributed by atoms with Crippen molar-refractivity contribution in [2.45, 2.75) is 6.92 Å². The van der Waals surface area contributed by atoms with E-state index in [0.717, 1.165) is 12.1 Å². The summed E-state index contributed by atoms with van der Waals surface area (Å²) in [4.78, 5) is 34.5. The number of benzene rings is 2. The first-order valence-corrected chi connectivity index (χ1v) is 7.15. The Bertz CT molecular complexity index is 824. The van der Waals surface area contributed by atoms with Crippen LogP contribution in [0.25, 0.3) is 0 Å². The molecule has 6 nitrogen and oxygen atoms in total. The van der Waals surface area contributed by atoms with Crippen molar-refractivity contribution in [3.63, 3.8) is 0 Å². The predicted octanol–water partition coefficient (Wildman–Crippen LogP) is 2.72. The summed E-state index contributed by atoms with van der Waals surface area (Å²) >= 11 is 0. The summed E-state index contributed by atoms with van der Waals surface area (Å²) in [5.41, 5.74) is 0.387. The third kappa shape index (κ3) is 5.38. The van der Waals surface area contributed by atoms with Crippen LogP contribution in [0, 0.1) is 11.6 Å². The molecule has 0 aliphatic heterocycles. The molecule has 8 heteroatoms. The maximum atomic E-state index is 13.4. The molecule has 0 aliphatic rings. The number of carbonyl (C=O) groups is 3. The van der Waals surface area contributed by atoms with Crippen LogP contribution in [0.1, 0.15) is 17.3 Å². The third-order valence-corrected chi connectivity index (χ3v) is 2.95. The van der Waals surface area contributed by atoms with Crippen molar-refractivity contribution in [1.29, 1.82) is 0 Å². The number of anilines is 2. The molecule has 0 bridgehead atoms. The van der Waals surface area contributed by atoms with Gasteiger partial charge >= 0.3 is 5.97 Å². The summed E-state index contributed by atoms with van der Waals surface area (Å²) in [5.74, 6) is -3.91. The molecule has 2 rings (SSSR count). The van der Waals surface area contributed by atoms with E-state index in [-0.39, 0.29) is 5.91 Å². The van der Waals surface area contributed by atoms with Crippen molar-refractivity contribution >= 4 is 29.2 Å². The smallest absolute Gasteiger partial charge is 0.341 e. The molecule has 2 aromatic rings. The van der Waals surface area contributed by atoms with Gasteiger partial charge in [0, 0.05) is 24.4 Å². The fraction of sp³-hybridized carbons (Fsp3) is 0.118. The van der Waals surface area contributed by atoms with Gasteiger partial charge in [-0.2, -0.15) is 0 Å². The van der Waals surface area contributed by atoms with Crippen LogP contribution < -0.4 is 10.6 Å². The number of hydrogen-bond acceptors (Lipinski definition) is 4. The van der Waals surface area contributed by atoms with Gasteiger partial charge in [0.2, 0.25) is 5.91 Å². The minimum Gasteiger partial charge on any atom is -0.452 e. The number of esters is 1. The highest BCUT2D eigenvalue weighted by molar-refractivity contribution is 5.96. The van der Waals surface area contributed by atoms with Crippen molar-refractivity contribution in [3.05, 3.63) is 59.7 Å². The number of amides is 2. The molecule has 2 aromatic carbocycles. The van der Waals surface area contributed by atoms with Gasteiger partial charge in [-0.3, -0.25) is 9.59 Å². The Morgan fingerprint density at radius 1 is 1.00 bits per heavy atom. The fourth-order valence-electron chi connectivity index (χ4n) is 1.94. The molecule has 2 N–H and O–H groups in total. The molecule has 0 atom stereocenters. The molecule has 0 fully saturated rings. The number of carbonyl (C=O) groups excluding carboxylic acids is 3. The molecule has 25 heavy (non-hydrogen) atoms. The van der Waals surface area contributed by atoms with Crippen LogP contribution in [-0.2, 0) is 14.3 Å². The van der Waals surface area contributed by atoms with E-state index in [1.54, 1.807) is 18.2 Å². The molecule has 0 spiro atoms. The van der Waals surface area contributed by atoms with Crippen LogP contribution >= 0.6 is 0 Å². The number of hydrogen-bond donors (Lipinski definition) is 2. The van der Waals surface area contributed by atoms with Gasteiger partial charge in [0.1, 0.15) is 11.6 Å². The molecule has 130 valence electrons. The molecule has 0 aromatic heterocycles. The van der Waals surface area contributed by atoms with Crippen LogP contribution in [0.4, 0.5) is 20.2 Å². The van der Waals surface area contributed by atoms with Crippen molar-refractivity contribution in [3.8, 4) is 0 Å². The van der Waals surface area contributed by atoms with E-state index in [1.807, 2.05) is 0 Å². The summed E-state index contributed by atoms with van der Waals surface area (Å²) in [6.45, 7) is 0.694. The number of nitrogens with one attached hydrogen (secondary N) is 2. The molecule has 0 unspecified atom stereocenters. The average Bonchev–Trinajstić information content (AvgIpc) is 2.52.